The highest BCUT2D eigenvalue weighted by Crippen LogP contribution is 2.24. The van der Waals surface area contributed by atoms with Gasteiger partial charge in [-0.25, -0.2) is 9.97 Å². The largest absolute Gasteiger partial charge is 0.333 e. The van der Waals surface area contributed by atoms with Gasteiger partial charge in [-0.2, -0.15) is 0 Å². The molecule has 0 N–H and O–H groups in total. The van der Waals surface area contributed by atoms with Gasteiger partial charge >= 0.3 is 0 Å². The lowest BCUT2D eigenvalue weighted by molar-refractivity contribution is 0.0730. The second-order valence-corrected chi connectivity index (χ2v) is 5.80. The Morgan fingerprint density at radius 1 is 1.40 bits per heavy atom. The second-order valence-electron chi connectivity index (χ2n) is 4.80. The number of rotatable bonds is 1. The highest BCUT2D eigenvalue weighted by molar-refractivity contribution is 7.10. The molecule has 100 valence electrons. The van der Waals surface area contributed by atoms with Crippen LogP contribution in [0.5, 0.6) is 0 Å². The first-order chi connectivity index (χ1) is 9.81. The quantitative estimate of drug-likeness (QED) is 0.686. The van der Waals surface area contributed by atoms with Crippen LogP contribution in [0.4, 0.5) is 0 Å². The standard InChI is InChI=1S/C14H12N4OS/c19-13(11-9-18-5-1-4-15-14(18)16-11)17-6-2-12-10(8-17)3-7-20-12/h1,3-5,7,9H,2,6,8H2. The summed E-state index contributed by atoms with van der Waals surface area (Å²) >= 11 is 1.77. The van der Waals surface area contributed by atoms with Crippen LogP contribution in [-0.4, -0.2) is 31.7 Å². The van der Waals surface area contributed by atoms with E-state index in [-0.39, 0.29) is 5.91 Å². The number of thiophene rings is 1. The maximum absolute atomic E-state index is 12.5. The van der Waals surface area contributed by atoms with Gasteiger partial charge in [-0.1, -0.05) is 0 Å². The first-order valence-corrected chi connectivity index (χ1v) is 7.33. The molecule has 5 nitrogen and oxygen atoms in total. The molecule has 1 aliphatic heterocycles. The Morgan fingerprint density at radius 3 is 3.25 bits per heavy atom. The topological polar surface area (TPSA) is 50.5 Å². The van der Waals surface area contributed by atoms with Gasteiger partial charge in [0, 0.05) is 36.6 Å². The first kappa shape index (κ1) is 11.6. The van der Waals surface area contributed by atoms with Crippen molar-refractivity contribution in [2.45, 2.75) is 13.0 Å². The normalized spacial score (nSPS) is 14.5. The summed E-state index contributed by atoms with van der Waals surface area (Å²) in [5.74, 6) is 0.538. The Hall–Kier alpha value is -2.21. The Kier molecular flexibility index (Phi) is 2.56. The molecule has 0 atom stereocenters. The van der Waals surface area contributed by atoms with Gasteiger partial charge in [-0.05, 0) is 29.5 Å². The van der Waals surface area contributed by atoms with E-state index < -0.39 is 0 Å². The van der Waals surface area contributed by atoms with E-state index >= 15 is 0 Å². The summed E-state index contributed by atoms with van der Waals surface area (Å²) < 4.78 is 1.77. The average molecular weight is 284 g/mol. The molecule has 0 spiro atoms. The fourth-order valence-corrected chi connectivity index (χ4v) is 3.41. The van der Waals surface area contributed by atoms with E-state index in [1.807, 2.05) is 17.2 Å². The van der Waals surface area contributed by atoms with Crippen LogP contribution >= 0.6 is 11.3 Å². The number of nitrogens with zero attached hydrogens (tertiary/aromatic N) is 4. The predicted molar refractivity (Wildman–Crippen MR) is 75.8 cm³/mol. The number of hydrogen-bond acceptors (Lipinski definition) is 4. The number of carbonyl (C=O) groups is 1. The average Bonchev–Trinajstić information content (AvgIpc) is 3.11. The molecular formula is C14H12N4OS. The van der Waals surface area contributed by atoms with Crippen molar-refractivity contribution in [2.75, 3.05) is 6.54 Å². The minimum Gasteiger partial charge on any atom is -0.333 e. The van der Waals surface area contributed by atoms with E-state index in [1.54, 1.807) is 28.1 Å². The molecule has 6 heteroatoms. The lowest BCUT2D eigenvalue weighted by Crippen LogP contribution is -2.35. The van der Waals surface area contributed by atoms with Crippen LogP contribution in [0.3, 0.4) is 0 Å². The molecule has 0 saturated carbocycles. The van der Waals surface area contributed by atoms with E-state index in [9.17, 15) is 4.79 Å². The van der Waals surface area contributed by atoms with Gasteiger partial charge in [-0.3, -0.25) is 9.20 Å². The molecule has 0 unspecified atom stereocenters. The van der Waals surface area contributed by atoms with Crippen LogP contribution < -0.4 is 0 Å². The van der Waals surface area contributed by atoms with Gasteiger partial charge in [0.15, 0.2) is 0 Å². The number of hydrogen-bond donors (Lipinski definition) is 0. The van der Waals surface area contributed by atoms with E-state index in [2.05, 4.69) is 21.4 Å². The lowest BCUT2D eigenvalue weighted by atomic mass is 10.1. The fraction of sp³-hybridized carbons (Fsp3) is 0.214. The van der Waals surface area contributed by atoms with E-state index in [0.717, 1.165) is 13.0 Å². The van der Waals surface area contributed by atoms with Crippen molar-refractivity contribution in [3.05, 3.63) is 52.2 Å². The van der Waals surface area contributed by atoms with Crippen molar-refractivity contribution < 1.29 is 4.79 Å². The molecule has 3 aromatic heterocycles. The van der Waals surface area contributed by atoms with E-state index in [1.165, 1.54) is 10.4 Å². The molecule has 0 aliphatic carbocycles. The Morgan fingerprint density at radius 2 is 2.35 bits per heavy atom. The molecule has 0 saturated heterocycles. The minimum atomic E-state index is -0.0210. The summed E-state index contributed by atoms with van der Waals surface area (Å²) in [5.41, 5.74) is 1.72. The van der Waals surface area contributed by atoms with Gasteiger partial charge in [0.2, 0.25) is 5.78 Å². The summed E-state index contributed by atoms with van der Waals surface area (Å²) in [4.78, 5) is 24.2. The van der Waals surface area contributed by atoms with Crippen LogP contribution in [-0.2, 0) is 13.0 Å². The van der Waals surface area contributed by atoms with Gasteiger partial charge < -0.3 is 4.90 Å². The Bertz CT molecular complexity index is 758. The summed E-state index contributed by atoms with van der Waals surface area (Å²) in [6, 6.07) is 3.92. The van der Waals surface area contributed by atoms with E-state index in [4.69, 9.17) is 0 Å². The molecule has 3 aromatic rings. The number of amides is 1. The summed E-state index contributed by atoms with van der Waals surface area (Å²) in [5, 5.41) is 2.09. The van der Waals surface area contributed by atoms with Gasteiger partial charge in [0.05, 0.1) is 0 Å². The summed E-state index contributed by atoms with van der Waals surface area (Å²) in [7, 11) is 0. The zero-order chi connectivity index (χ0) is 13.5. The number of imidazole rings is 1. The van der Waals surface area contributed by atoms with Crippen molar-refractivity contribution >= 4 is 23.0 Å². The summed E-state index contributed by atoms with van der Waals surface area (Å²) in [6.07, 6.45) is 6.20. The molecule has 0 radical (unpaired) electrons. The molecule has 1 aliphatic rings. The van der Waals surface area contributed by atoms with Crippen LogP contribution in [0.1, 0.15) is 20.9 Å². The minimum absolute atomic E-state index is 0.0210. The lowest BCUT2D eigenvalue weighted by Gasteiger charge is -2.26. The van der Waals surface area contributed by atoms with Crippen molar-refractivity contribution in [1.82, 2.24) is 19.3 Å². The van der Waals surface area contributed by atoms with Crippen molar-refractivity contribution in [3.63, 3.8) is 0 Å². The third-order valence-corrected chi connectivity index (χ3v) is 4.57. The molecule has 0 bridgehead atoms. The van der Waals surface area contributed by atoms with Gasteiger partial charge in [0.25, 0.3) is 5.91 Å². The molecule has 4 heterocycles. The number of carbonyl (C=O) groups excluding carboxylic acids is 1. The van der Waals surface area contributed by atoms with Gasteiger partial charge in [-0.15, -0.1) is 11.3 Å². The van der Waals surface area contributed by atoms with Crippen molar-refractivity contribution in [1.29, 1.82) is 0 Å². The fourth-order valence-electron chi connectivity index (χ4n) is 2.52. The Balaban J connectivity index is 1.64. The Labute approximate surface area is 119 Å². The van der Waals surface area contributed by atoms with Gasteiger partial charge in [0.1, 0.15) is 5.69 Å². The molecule has 20 heavy (non-hydrogen) atoms. The highest BCUT2D eigenvalue weighted by atomic mass is 32.1. The van der Waals surface area contributed by atoms with Crippen LogP contribution in [0, 0.1) is 0 Å². The maximum Gasteiger partial charge on any atom is 0.274 e. The second kappa shape index (κ2) is 4.42. The third kappa shape index (κ3) is 1.80. The molecule has 0 aromatic carbocycles. The highest BCUT2D eigenvalue weighted by Gasteiger charge is 2.24. The van der Waals surface area contributed by atoms with Crippen LogP contribution in [0.15, 0.2) is 36.1 Å². The smallest absolute Gasteiger partial charge is 0.274 e. The molecule has 4 rings (SSSR count). The monoisotopic (exact) mass is 284 g/mol. The zero-order valence-corrected chi connectivity index (χ0v) is 11.5. The van der Waals surface area contributed by atoms with Crippen LogP contribution in [0.2, 0.25) is 0 Å². The zero-order valence-electron chi connectivity index (χ0n) is 10.7. The van der Waals surface area contributed by atoms with Crippen LogP contribution in [0.25, 0.3) is 5.78 Å². The van der Waals surface area contributed by atoms with Crippen molar-refractivity contribution in [3.8, 4) is 0 Å². The maximum atomic E-state index is 12.5. The van der Waals surface area contributed by atoms with E-state index in [0.29, 0.717) is 18.0 Å². The third-order valence-electron chi connectivity index (χ3n) is 3.55. The SMILES string of the molecule is O=C(c1cn2cccnc2n1)N1CCc2sccc2C1. The van der Waals surface area contributed by atoms with Crippen molar-refractivity contribution in [2.24, 2.45) is 0 Å². The molecule has 0 fully saturated rings. The predicted octanol–water partition coefficient (Wildman–Crippen LogP) is 1.99. The number of aromatic nitrogens is 3. The number of fused-ring (bicyclic) bond motifs is 2. The molecule has 1 amide bonds. The molecular weight excluding hydrogens is 272 g/mol. The first-order valence-electron chi connectivity index (χ1n) is 6.45. The summed E-state index contributed by atoms with van der Waals surface area (Å²) in [6.45, 7) is 1.44.